The van der Waals surface area contributed by atoms with Crippen molar-refractivity contribution < 1.29 is 27.4 Å². The summed E-state index contributed by atoms with van der Waals surface area (Å²) >= 11 is 0. The van der Waals surface area contributed by atoms with Gasteiger partial charge in [0, 0.05) is 31.2 Å². The molecule has 1 aliphatic carbocycles. The molecule has 3 atom stereocenters. The fraction of sp³-hybridized carbons (Fsp3) is 0.500. The van der Waals surface area contributed by atoms with E-state index >= 15 is 0 Å². The Morgan fingerprint density at radius 3 is 2.53 bits per heavy atom. The van der Waals surface area contributed by atoms with Crippen molar-refractivity contribution in [2.45, 2.75) is 43.7 Å². The minimum absolute atomic E-state index is 0.00871. The highest BCUT2D eigenvalue weighted by atomic mass is 32.2. The molecule has 36 heavy (non-hydrogen) atoms. The Hall–Kier alpha value is -2.69. The lowest BCUT2D eigenvalue weighted by Gasteiger charge is -2.38. The number of benzene rings is 2. The summed E-state index contributed by atoms with van der Waals surface area (Å²) < 4.78 is 47.7. The van der Waals surface area contributed by atoms with E-state index in [1.807, 2.05) is 6.92 Å². The van der Waals surface area contributed by atoms with Gasteiger partial charge in [-0.15, -0.1) is 0 Å². The number of carbonyl (C=O) groups is 1. The Morgan fingerprint density at radius 1 is 1.19 bits per heavy atom. The number of aliphatic hydroxyl groups is 1. The number of carbonyl (C=O) groups excluding carboxylic acids is 1. The van der Waals surface area contributed by atoms with E-state index in [0.717, 1.165) is 24.6 Å². The molecule has 0 aromatic heterocycles. The van der Waals surface area contributed by atoms with Crippen LogP contribution in [-0.2, 0) is 10.0 Å². The van der Waals surface area contributed by atoms with Crippen LogP contribution in [0.4, 0.5) is 10.1 Å². The summed E-state index contributed by atoms with van der Waals surface area (Å²) in [6.45, 7) is 5.70. The molecular formula is C26H34FN3O5S. The van der Waals surface area contributed by atoms with E-state index in [0.29, 0.717) is 18.8 Å². The minimum atomic E-state index is -4.00. The molecule has 4 rings (SSSR count). The number of hydrogen-bond acceptors (Lipinski definition) is 6. The lowest BCUT2D eigenvalue weighted by Crippen LogP contribution is -2.50. The maximum Gasteiger partial charge on any atom is 0.261 e. The summed E-state index contributed by atoms with van der Waals surface area (Å²) in [5.74, 6) is 0.231. The van der Waals surface area contributed by atoms with Crippen LogP contribution in [0, 0.1) is 17.7 Å². The van der Waals surface area contributed by atoms with Gasteiger partial charge in [-0.2, -0.15) is 0 Å². The van der Waals surface area contributed by atoms with Crippen LogP contribution in [-0.4, -0.2) is 74.7 Å². The zero-order valence-corrected chi connectivity index (χ0v) is 21.7. The third-order valence-electron chi connectivity index (χ3n) is 6.80. The molecule has 2 aromatic carbocycles. The summed E-state index contributed by atoms with van der Waals surface area (Å²) in [6, 6.07) is 8.67. The topological polar surface area (TPSA) is 99.2 Å². The van der Waals surface area contributed by atoms with Crippen molar-refractivity contribution in [1.82, 2.24) is 9.80 Å². The van der Waals surface area contributed by atoms with Gasteiger partial charge in [0.1, 0.15) is 17.7 Å². The van der Waals surface area contributed by atoms with Crippen molar-refractivity contribution in [3.63, 3.8) is 0 Å². The zero-order valence-electron chi connectivity index (χ0n) is 20.9. The lowest BCUT2D eigenvalue weighted by molar-refractivity contribution is 0.0344. The monoisotopic (exact) mass is 519 g/mol. The van der Waals surface area contributed by atoms with Gasteiger partial charge >= 0.3 is 0 Å². The number of ether oxygens (including phenoxy) is 1. The van der Waals surface area contributed by atoms with Crippen LogP contribution in [0.1, 0.15) is 37.0 Å². The van der Waals surface area contributed by atoms with Gasteiger partial charge in [-0.05, 0) is 75.2 Å². The van der Waals surface area contributed by atoms with Gasteiger partial charge in [0.15, 0.2) is 0 Å². The van der Waals surface area contributed by atoms with E-state index in [1.165, 1.54) is 31.0 Å². The quantitative estimate of drug-likeness (QED) is 0.528. The van der Waals surface area contributed by atoms with Crippen LogP contribution in [0.2, 0.25) is 0 Å². The molecule has 196 valence electrons. The summed E-state index contributed by atoms with van der Waals surface area (Å²) in [5, 5.41) is 9.82. The Labute approximate surface area is 212 Å². The Bertz CT molecular complexity index is 1190. The third-order valence-corrected chi connectivity index (χ3v) is 8.20. The third kappa shape index (κ3) is 6.16. The molecule has 0 spiro atoms. The number of fused-ring (bicyclic) bond motifs is 1. The highest BCUT2D eigenvalue weighted by Gasteiger charge is 2.34. The second-order valence-corrected chi connectivity index (χ2v) is 11.7. The van der Waals surface area contributed by atoms with Crippen molar-refractivity contribution in [2.24, 2.45) is 11.8 Å². The van der Waals surface area contributed by atoms with Gasteiger partial charge in [-0.3, -0.25) is 9.52 Å². The summed E-state index contributed by atoms with van der Waals surface area (Å²) in [4.78, 5) is 17.3. The molecule has 2 N–H and O–H groups in total. The van der Waals surface area contributed by atoms with Crippen molar-refractivity contribution in [3.05, 3.63) is 53.8 Å². The van der Waals surface area contributed by atoms with Crippen LogP contribution >= 0.6 is 0 Å². The number of nitrogens with zero attached hydrogens (tertiary/aromatic N) is 2. The molecule has 2 aliphatic rings. The normalized spacial score (nSPS) is 21.4. The molecular weight excluding hydrogens is 485 g/mol. The zero-order chi connectivity index (χ0) is 26.0. The van der Waals surface area contributed by atoms with Crippen LogP contribution in [0.15, 0.2) is 47.4 Å². The molecule has 1 heterocycles. The predicted molar refractivity (Wildman–Crippen MR) is 135 cm³/mol. The first-order valence-corrected chi connectivity index (χ1v) is 13.7. The fourth-order valence-electron chi connectivity index (χ4n) is 4.45. The number of rotatable bonds is 9. The van der Waals surface area contributed by atoms with Gasteiger partial charge < -0.3 is 19.6 Å². The number of amides is 1. The number of hydrogen-bond donors (Lipinski definition) is 2. The van der Waals surface area contributed by atoms with E-state index in [1.54, 1.807) is 24.0 Å². The van der Waals surface area contributed by atoms with E-state index in [-0.39, 0.29) is 40.7 Å². The summed E-state index contributed by atoms with van der Waals surface area (Å²) in [7, 11) is -1.92. The second-order valence-electron chi connectivity index (χ2n) is 10.1. The molecule has 1 amide bonds. The number of anilines is 1. The first-order chi connectivity index (χ1) is 17.1. The highest BCUT2D eigenvalue weighted by Crippen LogP contribution is 2.33. The molecule has 0 radical (unpaired) electrons. The number of likely N-dealkylation sites (N-methyl/N-ethyl adjacent to an activating group) is 1. The molecule has 1 saturated carbocycles. The molecule has 10 heteroatoms. The van der Waals surface area contributed by atoms with E-state index < -0.39 is 21.9 Å². The standard InChI is InChI=1S/C26H34FN3O5S/c1-17-13-30(18(2)16-31)26(32)23-12-21(28-36(33,34)22-9-6-20(27)7-10-22)8-11-24(23)35-25(17)15-29(3)14-19-4-5-19/h6-12,17-19,25,28,31H,4-5,13-16H2,1-3H3/t17-,18+,25+/m1/s1. The smallest absolute Gasteiger partial charge is 0.261 e. The van der Waals surface area contributed by atoms with Crippen LogP contribution < -0.4 is 9.46 Å². The molecule has 8 nitrogen and oxygen atoms in total. The van der Waals surface area contributed by atoms with E-state index in [9.17, 15) is 22.7 Å². The minimum Gasteiger partial charge on any atom is -0.488 e. The first-order valence-electron chi connectivity index (χ1n) is 12.3. The van der Waals surface area contributed by atoms with Crippen LogP contribution in [0.25, 0.3) is 0 Å². The average molecular weight is 520 g/mol. The summed E-state index contributed by atoms with van der Waals surface area (Å²) in [5.41, 5.74) is 0.402. The molecule has 0 unspecified atom stereocenters. The molecule has 0 saturated heterocycles. The molecule has 0 bridgehead atoms. The van der Waals surface area contributed by atoms with Gasteiger partial charge in [0.25, 0.3) is 15.9 Å². The van der Waals surface area contributed by atoms with Crippen molar-refractivity contribution in [2.75, 3.05) is 38.0 Å². The van der Waals surface area contributed by atoms with E-state index in [4.69, 9.17) is 4.74 Å². The Balaban J connectivity index is 1.64. The number of nitrogens with one attached hydrogen (secondary N) is 1. The molecule has 2 aromatic rings. The van der Waals surface area contributed by atoms with Gasteiger partial charge in [-0.1, -0.05) is 6.92 Å². The lowest BCUT2D eigenvalue weighted by atomic mass is 9.99. The van der Waals surface area contributed by atoms with Crippen molar-refractivity contribution in [1.29, 1.82) is 0 Å². The van der Waals surface area contributed by atoms with Crippen LogP contribution in [0.5, 0.6) is 5.75 Å². The number of aliphatic hydroxyl groups excluding tert-OH is 1. The summed E-state index contributed by atoms with van der Waals surface area (Å²) in [6.07, 6.45) is 2.30. The van der Waals surface area contributed by atoms with E-state index in [2.05, 4.69) is 16.7 Å². The van der Waals surface area contributed by atoms with Gasteiger partial charge in [0.2, 0.25) is 0 Å². The maximum absolute atomic E-state index is 13.5. The van der Waals surface area contributed by atoms with Crippen molar-refractivity contribution in [3.8, 4) is 5.75 Å². The SMILES string of the molecule is C[C@@H]1CN([C@@H](C)CO)C(=O)c2cc(NS(=O)(=O)c3ccc(F)cc3)ccc2O[C@H]1CN(C)CC1CC1. The van der Waals surface area contributed by atoms with Crippen LogP contribution in [0.3, 0.4) is 0 Å². The fourth-order valence-corrected chi connectivity index (χ4v) is 5.50. The predicted octanol–water partition coefficient (Wildman–Crippen LogP) is 3.19. The Kier molecular flexibility index (Phi) is 7.87. The first kappa shape index (κ1) is 26.4. The average Bonchev–Trinajstić information content (AvgIpc) is 3.65. The van der Waals surface area contributed by atoms with Gasteiger partial charge in [-0.25, -0.2) is 12.8 Å². The second kappa shape index (κ2) is 10.7. The number of sulfonamides is 1. The van der Waals surface area contributed by atoms with Crippen molar-refractivity contribution >= 4 is 21.6 Å². The highest BCUT2D eigenvalue weighted by molar-refractivity contribution is 7.92. The maximum atomic E-state index is 13.5. The molecule has 1 aliphatic heterocycles. The van der Waals surface area contributed by atoms with Gasteiger partial charge in [0.05, 0.1) is 23.1 Å². The largest absolute Gasteiger partial charge is 0.488 e. The molecule has 1 fully saturated rings. The number of halogens is 1. The Morgan fingerprint density at radius 2 is 1.89 bits per heavy atom.